The molecule has 3 heteroatoms. The van der Waals surface area contributed by atoms with Crippen molar-refractivity contribution in [3.05, 3.63) is 34.3 Å². The monoisotopic (exact) mass is 364 g/mol. The first-order valence-electron chi connectivity index (χ1n) is 7.21. The fraction of sp³-hybridized carbons (Fsp3) is 0.647. The smallest absolute Gasteiger partial charge is 0.0840 e. The Morgan fingerprint density at radius 2 is 1.10 bits per heavy atom. The molecular weight excluding hydrogens is 332 g/mol. The summed E-state index contributed by atoms with van der Waals surface area (Å²) < 4.78 is 1.23. The summed E-state index contributed by atoms with van der Waals surface area (Å²) >= 11 is 7.45. The molecule has 1 aromatic rings. The molecule has 0 aromatic heterocycles. The Morgan fingerprint density at radius 1 is 0.850 bits per heavy atom. The van der Waals surface area contributed by atoms with Crippen LogP contribution in [-0.4, -0.2) is 9.85 Å². The van der Waals surface area contributed by atoms with Crippen LogP contribution in [-0.2, 0) is 5.60 Å². The van der Waals surface area contributed by atoms with E-state index in [4.69, 9.17) is 0 Å². The van der Waals surface area contributed by atoms with Gasteiger partial charge in [-0.3, -0.25) is 0 Å². The van der Waals surface area contributed by atoms with Gasteiger partial charge in [0.1, 0.15) is 0 Å². The van der Waals surface area contributed by atoms with Crippen molar-refractivity contribution in [1.29, 1.82) is 0 Å². The van der Waals surface area contributed by atoms with Gasteiger partial charge in [0.2, 0.25) is 0 Å². The van der Waals surface area contributed by atoms with Gasteiger partial charge in [0.25, 0.3) is 0 Å². The lowest BCUT2D eigenvalue weighted by atomic mass is 9.99. The lowest BCUT2D eigenvalue weighted by molar-refractivity contribution is 0.0786. The second-order valence-corrected chi connectivity index (χ2v) is 7.49. The highest BCUT2D eigenvalue weighted by Crippen LogP contribution is 2.21. The van der Waals surface area contributed by atoms with Gasteiger partial charge in [-0.2, -0.15) is 12.6 Å². The maximum atomic E-state index is 9.56. The minimum atomic E-state index is -0.735. The summed E-state index contributed by atoms with van der Waals surface area (Å²) in [6, 6.07) is 7.66. The van der Waals surface area contributed by atoms with Gasteiger partial charge in [-0.05, 0) is 31.5 Å². The fourth-order valence-electron chi connectivity index (χ4n) is 0.858. The maximum absolute atomic E-state index is 9.56. The molecule has 20 heavy (non-hydrogen) atoms. The molecule has 0 aliphatic heterocycles. The zero-order valence-corrected chi connectivity index (χ0v) is 17.1. The van der Waals surface area contributed by atoms with Crippen LogP contribution in [0.15, 0.2) is 28.7 Å². The number of aliphatic hydroxyl groups is 1. The van der Waals surface area contributed by atoms with Gasteiger partial charge in [-0.25, -0.2) is 0 Å². The lowest BCUT2D eigenvalue weighted by Gasteiger charge is -2.17. The van der Waals surface area contributed by atoms with Gasteiger partial charge in [0.05, 0.1) is 5.60 Å². The molecule has 1 aromatic carbocycles. The summed E-state index contributed by atoms with van der Waals surface area (Å²) in [6.07, 6.45) is 0. The highest BCUT2D eigenvalue weighted by molar-refractivity contribution is 9.10. The van der Waals surface area contributed by atoms with Gasteiger partial charge in [-0.15, -0.1) is 0 Å². The zero-order valence-electron chi connectivity index (χ0n) is 14.6. The summed E-state index contributed by atoms with van der Waals surface area (Å²) in [5.41, 5.74) is 0.196. The second kappa shape index (κ2) is 12.7. The molecule has 120 valence electrons. The molecular formula is C17H33BrOS. The van der Waals surface area contributed by atoms with Crippen LogP contribution in [0.4, 0.5) is 0 Å². The third-order valence-electron chi connectivity index (χ3n) is 1.55. The van der Waals surface area contributed by atoms with Gasteiger partial charge in [-0.1, -0.05) is 76.5 Å². The molecule has 0 amide bonds. The summed E-state index contributed by atoms with van der Waals surface area (Å²) in [5.74, 6) is 0. The van der Waals surface area contributed by atoms with Crippen molar-refractivity contribution in [2.75, 3.05) is 0 Å². The van der Waals surface area contributed by atoms with Crippen molar-refractivity contribution >= 4 is 28.6 Å². The molecule has 1 rings (SSSR count). The van der Waals surface area contributed by atoms with Crippen molar-refractivity contribution in [1.82, 2.24) is 0 Å². The van der Waals surface area contributed by atoms with E-state index < -0.39 is 5.60 Å². The number of hydrogen-bond acceptors (Lipinski definition) is 2. The molecule has 0 bridgehead atoms. The number of rotatable bonds is 1. The Labute approximate surface area is 140 Å². The first kappa shape index (κ1) is 25.0. The van der Waals surface area contributed by atoms with Crippen LogP contribution < -0.4 is 0 Å². The molecule has 0 aliphatic carbocycles. The van der Waals surface area contributed by atoms with E-state index in [-0.39, 0.29) is 4.75 Å². The summed E-state index contributed by atoms with van der Waals surface area (Å²) in [7, 11) is 0. The van der Waals surface area contributed by atoms with Gasteiger partial charge in [0, 0.05) is 9.22 Å². The molecule has 0 heterocycles. The SMILES string of the molecule is CC.CC.CC(C)(C)S.CC(C)(O)c1ccc(Br)cc1. The Bertz CT molecular complexity index is 301. The number of hydrogen-bond donors (Lipinski definition) is 2. The Kier molecular flexibility index (Phi) is 15.9. The van der Waals surface area contributed by atoms with Crippen LogP contribution in [0.2, 0.25) is 0 Å². The standard InChI is InChI=1S/C9H11BrO.C4H10S.2C2H6/c1-9(2,11)7-3-5-8(10)6-4-7;1-4(2,3)5;2*1-2/h3-6,11H,1-2H3;5H,1-3H3;2*1-2H3. The van der Waals surface area contributed by atoms with Crippen molar-refractivity contribution in [3.8, 4) is 0 Å². The predicted octanol–water partition coefficient (Wildman–Crippen LogP) is 6.44. The molecule has 0 aliphatic rings. The van der Waals surface area contributed by atoms with E-state index in [9.17, 15) is 5.11 Å². The van der Waals surface area contributed by atoms with Gasteiger partial charge in [0.15, 0.2) is 0 Å². The van der Waals surface area contributed by atoms with Crippen molar-refractivity contribution in [3.63, 3.8) is 0 Å². The summed E-state index contributed by atoms with van der Waals surface area (Å²) in [5, 5.41) is 9.56. The van der Waals surface area contributed by atoms with Crippen LogP contribution in [0.3, 0.4) is 0 Å². The number of halogens is 1. The third-order valence-corrected chi connectivity index (χ3v) is 2.08. The Balaban J connectivity index is -0.000000272. The minimum Gasteiger partial charge on any atom is -0.386 e. The normalized spacial score (nSPS) is 10.0. The molecule has 0 saturated carbocycles. The van der Waals surface area contributed by atoms with E-state index >= 15 is 0 Å². The summed E-state index contributed by atoms with van der Waals surface area (Å²) in [4.78, 5) is 0. The average molecular weight is 365 g/mol. The van der Waals surface area contributed by atoms with Crippen LogP contribution in [0.5, 0.6) is 0 Å². The van der Waals surface area contributed by atoms with Crippen molar-refractivity contribution in [2.45, 2.75) is 72.7 Å². The number of thiol groups is 1. The maximum Gasteiger partial charge on any atom is 0.0840 e. The molecule has 1 N–H and O–H groups in total. The molecule has 0 atom stereocenters. The van der Waals surface area contributed by atoms with Crippen LogP contribution in [0.1, 0.15) is 67.9 Å². The second-order valence-electron chi connectivity index (χ2n) is 5.24. The molecule has 0 radical (unpaired) electrons. The molecule has 1 nitrogen and oxygen atoms in total. The minimum absolute atomic E-state index is 0.194. The highest BCUT2D eigenvalue weighted by atomic mass is 79.9. The first-order valence-corrected chi connectivity index (χ1v) is 8.45. The number of benzene rings is 1. The van der Waals surface area contributed by atoms with Gasteiger partial charge < -0.3 is 5.11 Å². The topological polar surface area (TPSA) is 20.2 Å². The van der Waals surface area contributed by atoms with E-state index in [1.165, 1.54) is 0 Å². The highest BCUT2D eigenvalue weighted by Gasteiger charge is 2.14. The summed E-state index contributed by atoms with van der Waals surface area (Å²) in [6.45, 7) is 17.7. The largest absolute Gasteiger partial charge is 0.386 e. The van der Waals surface area contributed by atoms with Crippen molar-refractivity contribution < 1.29 is 5.11 Å². The molecule has 0 saturated heterocycles. The first-order chi connectivity index (χ1) is 9.00. The van der Waals surface area contributed by atoms with E-state index in [1.807, 2.05) is 52.0 Å². The average Bonchev–Trinajstić information content (AvgIpc) is 2.31. The van der Waals surface area contributed by atoms with Crippen LogP contribution in [0, 0.1) is 0 Å². The Morgan fingerprint density at radius 3 is 1.30 bits per heavy atom. The molecule has 0 unspecified atom stereocenters. The van der Waals surface area contributed by atoms with Crippen molar-refractivity contribution in [2.24, 2.45) is 0 Å². The zero-order chi connectivity index (χ0) is 17.0. The van der Waals surface area contributed by atoms with Crippen LogP contribution >= 0.6 is 28.6 Å². The van der Waals surface area contributed by atoms with Gasteiger partial charge >= 0.3 is 0 Å². The Hall–Kier alpha value is 0.01000. The fourth-order valence-corrected chi connectivity index (χ4v) is 1.12. The molecule has 0 fully saturated rings. The van der Waals surface area contributed by atoms with E-state index in [0.717, 1.165) is 10.0 Å². The predicted molar refractivity (Wildman–Crippen MR) is 101 cm³/mol. The van der Waals surface area contributed by atoms with Crippen LogP contribution in [0.25, 0.3) is 0 Å². The van der Waals surface area contributed by atoms with E-state index in [2.05, 4.69) is 49.3 Å². The third kappa shape index (κ3) is 20.3. The van der Waals surface area contributed by atoms with E-state index in [0.29, 0.717) is 0 Å². The molecule has 0 spiro atoms. The quantitative estimate of drug-likeness (QED) is 0.549. The van der Waals surface area contributed by atoms with E-state index in [1.54, 1.807) is 13.8 Å². The lowest BCUT2D eigenvalue weighted by Crippen LogP contribution is -2.14.